The first-order valence-corrected chi connectivity index (χ1v) is 13.9. The summed E-state index contributed by atoms with van der Waals surface area (Å²) in [4.78, 5) is 23.5. The molecule has 194 valence electrons. The Bertz CT molecular complexity index is 492. The largest absolute Gasteiger partial charge is 0.463 e. The molecule has 0 spiro atoms. The number of hydrogen-bond acceptors (Lipinski definition) is 4. The first-order chi connectivity index (χ1) is 16.0. The summed E-state index contributed by atoms with van der Waals surface area (Å²) in [7, 11) is 0. The third-order valence-electron chi connectivity index (χ3n) is 6.92. The molecule has 0 heterocycles. The molecule has 33 heavy (non-hydrogen) atoms. The van der Waals surface area contributed by atoms with Crippen LogP contribution in [-0.2, 0) is 19.1 Å². The van der Waals surface area contributed by atoms with Gasteiger partial charge in [-0.2, -0.15) is 0 Å². The Balaban J connectivity index is 3.56. The minimum Gasteiger partial charge on any atom is -0.463 e. The van der Waals surface area contributed by atoms with E-state index in [1.165, 1.54) is 89.2 Å². The number of carbonyl (C=O) groups excluding carboxylic acids is 2. The van der Waals surface area contributed by atoms with Crippen LogP contribution >= 0.6 is 0 Å². The summed E-state index contributed by atoms with van der Waals surface area (Å²) in [6.07, 6.45) is 20.6. The lowest BCUT2D eigenvalue weighted by molar-refractivity contribution is -0.923. The van der Waals surface area contributed by atoms with Crippen LogP contribution in [0.1, 0.15) is 118 Å². The summed E-state index contributed by atoms with van der Waals surface area (Å²) in [5, 5.41) is 0. The van der Waals surface area contributed by atoms with Crippen LogP contribution in [0, 0.1) is 0 Å². The molecule has 5 heteroatoms. The van der Waals surface area contributed by atoms with Crippen LogP contribution in [0.3, 0.4) is 0 Å². The Labute approximate surface area is 204 Å². The summed E-state index contributed by atoms with van der Waals surface area (Å²) in [6.45, 7) is 13.4. The van der Waals surface area contributed by atoms with Crippen molar-refractivity contribution in [3.05, 3.63) is 12.2 Å². The van der Waals surface area contributed by atoms with Crippen LogP contribution in [0.25, 0.3) is 0 Å². The maximum atomic E-state index is 11.8. The van der Waals surface area contributed by atoms with Gasteiger partial charge in [0.05, 0.1) is 26.2 Å². The zero-order valence-electron chi connectivity index (χ0n) is 22.4. The van der Waals surface area contributed by atoms with Crippen LogP contribution in [0.2, 0.25) is 0 Å². The smallest absolute Gasteiger partial charge is 0.331 e. The highest BCUT2D eigenvalue weighted by molar-refractivity contribution is 5.91. The number of likely N-dealkylation sites (N-methyl/N-ethyl adjacent to an activating group) is 1. The van der Waals surface area contributed by atoms with Gasteiger partial charge in [-0.1, -0.05) is 90.4 Å². The van der Waals surface area contributed by atoms with E-state index in [1.807, 2.05) is 0 Å². The van der Waals surface area contributed by atoms with Gasteiger partial charge in [-0.25, -0.2) is 9.59 Å². The molecule has 0 aliphatic heterocycles. The molecule has 0 aromatic rings. The van der Waals surface area contributed by atoms with Crippen LogP contribution in [0.15, 0.2) is 12.2 Å². The molecule has 0 atom stereocenters. The normalized spacial score (nSPS) is 11.8. The van der Waals surface area contributed by atoms with E-state index in [0.29, 0.717) is 13.2 Å². The molecule has 0 aliphatic carbocycles. The van der Waals surface area contributed by atoms with Crippen molar-refractivity contribution in [2.45, 2.75) is 118 Å². The molecule has 0 radical (unpaired) electrons. The summed E-state index contributed by atoms with van der Waals surface area (Å²) >= 11 is 0. The van der Waals surface area contributed by atoms with E-state index in [0.717, 1.165) is 43.5 Å². The second-order valence-corrected chi connectivity index (χ2v) is 9.28. The van der Waals surface area contributed by atoms with E-state index in [4.69, 9.17) is 9.47 Å². The fraction of sp³-hybridized carbons (Fsp3) is 0.857. The number of ether oxygens (including phenoxy) is 2. The van der Waals surface area contributed by atoms with Gasteiger partial charge in [0.2, 0.25) is 0 Å². The first kappa shape index (κ1) is 31.6. The minimum absolute atomic E-state index is 0.368. The van der Waals surface area contributed by atoms with Crippen molar-refractivity contribution < 1.29 is 23.5 Å². The number of nitrogens with zero attached hydrogens (tertiary/aromatic N) is 1. The van der Waals surface area contributed by atoms with E-state index in [-0.39, 0.29) is 0 Å². The molecule has 0 amide bonds. The summed E-state index contributed by atoms with van der Waals surface area (Å²) in [5.41, 5.74) is 0. The predicted octanol–water partition coefficient (Wildman–Crippen LogP) is 6.99. The van der Waals surface area contributed by atoms with Crippen molar-refractivity contribution in [3.63, 3.8) is 0 Å². The number of quaternary nitrogens is 1. The summed E-state index contributed by atoms with van der Waals surface area (Å²) in [5.74, 6) is -0.952. The predicted molar refractivity (Wildman–Crippen MR) is 138 cm³/mol. The summed E-state index contributed by atoms with van der Waals surface area (Å²) in [6, 6.07) is 0. The average Bonchev–Trinajstić information content (AvgIpc) is 2.83. The monoisotopic (exact) mass is 468 g/mol. The van der Waals surface area contributed by atoms with E-state index in [1.54, 1.807) is 0 Å². The molecule has 0 unspecified atom stereocenters. The van der Waals surface area contributed by atoms with Crippen molar-refractivity contribution in [2.75, 3.05) is 39.4 Å². The van der Waals surface area contributed by atoms with Crippen molar-refractivity contribution >= 4 is 11.9 Å². The fourth-order valence-electron chi connectivity index (χ4n) is 4.19. The number of esters is 2. The van der Waals surface area contributed by atoms with Crippen molar-refractivity contribution in [1.82, 2.24) is 0 Å². The SMILES string of the molecule is CCCCCCCCCCCCCCCCOC(=O)/C=C\C(=O)OCC[N+](CC)(CC)CC. The van der Waals surface area contributed by atoms with Gasteiger partial charge in [-0.3, -0.25) is 0 Å². The molecule has 0 saturated heterocycles. The van der Waals surface area contributed by atoms with Crippen LogP contribution < -0.4 is 0 Å². The molecule has 0 bridgehead atoms. The minimum atomic E-state index is -0.482. The third kappa shape index (κ3) is 18.7. The highest BCUT2D eigenvalue weighted by Crippen LogP contribution is 2.13. The van der Waals surface area contributed by atoms with Crippen LogP contribution in [0.5, 0.6) is 0 Å². The molecule has 0 fully saturated rings. The fourth-order valence-corrected chi connectivity index (χ4v) is 4.19. The van der Waals surface area contributed by atoms with Crippen molar-refractivity contribution in [3.8, 4) is 0 Å². The number of rotatable bonds is 23. The lowest BCUT2D eigenvalue weighted by atomic mass is 10.0. The lowest BCUT2D eigenvalue weighted by Crippen LogP contribution is -2.49. The average molecular weight is 469 g/mol. The van der Waals surface area contributed by atoms with Crippen molar-refractivity contribution in [2.24, 2.45) is 0 Å². The molecular weight excluding hydrogens is 414 g/mol. The Hall–Kier alpha value is -1.36. The maximum absolute atomic E-state index is 11.8. The number of unbranched alkanes of at least 4 members (excludes halogenated alkanes) is 13. The maximum Gasteiger partial charge on any atom is 0.331 e. The Kier molecular flexibility index (Phi) is 21.5. The lowest BCUT2D eigenvalue weighted by Gasteiger charge is -2.35. The molecule has 0 saturated carbocycles. The number of carbonyl (C=O) groups is 2. The molecule has 0 rings (SSSR count). The Morgan fingerprint density at radius 1 is 0.545 bits per heavy atom. The van der Waals surface area contributed by atoms with E-state index in [9.17, 15) is 9.59 Å². The summed E-state index contributed by atoms with van der Waals surface area (Å²) < 4.78 is 11.3. The highest BCUT2D eigenvalue weighted by atomic mass is 16.5. The molecule has 5 nitrogen and oxygen atoms in total. The molecule has 0 aliphatic rings. The van der Waals surface area contributed by atoms with Gasteiger partial charge in [0.25, 0.3) is 0 Å². The quantitative estimate of drug-likeness (QED) is 0.0702. The highest BCUT2D eigenvalue weighted by Gasteiger charge is 2.20. The van der Waals surface area contributed by atoms with Crippen molar-refractivity contribution in [1.29, 1.82) is 0 Å². The second kappa shape index (κ2) is 22.4. The zero-order chi connectivity index (χ0) is 24.6. The Morgan fingerprint density at radius 3 is 1.30 bits per heavy atom. The Morgan fingerprint density at radius 2 is 0.909 bits per heavy atom. The molecular formula is C28H54NO4+. The van der Waals surface area contributed by atoms with Gasteiger partial charge in [-0.05, 0) is 27.2 Å². The first-order valence-electron chi connectivity index (χ1n) is 13.9. The van der Waals surface area contributed by atoms with Gasteiger partial charge in [-0.15, -0.1) is 0 Å². The number of hydrogen-bond donors (Lipinski definition) is 0. The van der Waals surface area contributed by atoms with Gasteiger partial charge >= 0.3 is 11.9 Å². The van der Waals surface area contributed by atoms with E-state index >= 15 is 0 Å². The standard InChI is InChI=1S/C28H54NO4/c1-5-9-10-11-12-13-14-15-16-17-18-19-20-21-25-32-27(30)22-23-28(31)33-26-24-29(6-2,7-3)8-4/h22-23H,5-21,24-26H2,1-4H3/q+1/b23-22-. The second-order valence-electron chi connectivity index (χ2n) is 9.28. The third-order valence-corrected chi connectivity index (χ3v) is 6.92. The molecule has 0 aromatic heterocycles. The molecule has 0 aromatic carbocycles. The topological polar surface area (TPSA) is 52.6 Å². The van der Waals surface area contributed by atoms with Gasteiger partial charge in [0.15, 0.2) is 0 Å². The van der Waals surface area contributed by atoms with Crippen LogP contribution in [0.4, 0.5) is 0 Å². The van der Waals surface area contributed by atoms with Crippen LogP contribution in [-0.4, -0.2) is 55.8 Å². The van der Waals surface area contributed by atoms with E-state index in [2.05, 4.69) is 27.7 Å². The van der Waals surface area contributed by atoms with Gasteiger partial charge < -0.3 is 14.0 Å². The van der Waals surface area contributed by atoms with Gasteiger partial charge in [0.1, 0.15) is 13.2 Å². The van der Waals surface area contributed by atoms with Gasteiger partial charge in [0, 0.05) is 12.2 Å². The molecule has 0 N–H and O–H groups in total. The zero-order valence-corrected chi connectivity index (χ0v) is 22.4. The van der Waals surface area contributed by atoms with E-state index < -0.39 is 11.9 Å².